The summed E-state index contributed by atoms with van der Waals surface area (Å²) >= 11 is 0. The third-order valence-electron chi connectivity index (χ3n) is 2.63. The summed E-state index contributed by atoms with van der Waals surface area (Å²) in [5, 5.41) is 17.7. The first-order chi connectivity index (χ1) is 6.56. The molecule has 1 aliphatic heterocycles. The average molecular weight is 202 g/mol. The molecule has 1 rings (SSSR count). The fourth-order valence-corrected chi connectivity index (χ4v) is 2.13. The number of β-amino-alcohol motifs (C(OH)–C–C–N with tert-alkyl or cyclic N) is 1. The van der Waals surface area contributed by atoms with Gasteiger partial charge in [-0.25, -0.2) is 4.79 Å². The average Bonchev–Trinajstić information content (AvgIpc) is 2.01. The molecule has 2 N–H and O–H groups in total. The Kier molecular flexibility index (Phi) is 3.71. The molecule has 0 aromatic heterocycles. The van der Waals surface area contributed by atoms with Crippen LogP contribution in [0, 0.1) is 0 Å². The van der Waals surface area contributed by atoms with E-state index in [0.29, 0.717) is 19.6 Å². The molecule has 14 heavy (non-hydrogen) atoms. The van der Waals surface area contributed by atoms with Gasteiger partial charge in [-0.15, -0.1) is 0 Å². The van der Waals surface area contributed by atoms with Crippen LogP contribution in [0.3, 0.4) is 0 Å². The second-order valence-corrected chi connectivity index (χ2v) is 3.87. The van der Waals surface area contributed by atoms with Crippen LogP contribution in [0.25, 0.3) is 0 Å². The summed E-state index contributed by atoms with van der Waals surface area (Å²) in [6, 6.07) is 0.00519. The van der Waals surface area contributed by atoms with Crippen LogP contribution in [0.15, 0.2) is 0 Å². The van der Waals surface area contributed by atoms with Gasteiger partial charge in [-0.3, -0.25) is 4.90 Å². The maximum absolute atomic E-state index is 10.9. The molecule has 0 aromatic rings. The van der Waals surface area contributed by atoms with E-state index in [0.717, 1.165) is 0 Å². The summed E-state index contributed by atoms with van der Waals surface area (Å²) in [4.78, 5) is 14.5. The van der Waals surface area contributed by atoms with Gasteiger partial charge in [0.05, 0.1) is 6.61 Å². The summed E-state index contributed by atoms with van der Waals surface area (Å²) in [6.07, 6.45) is -0.853. The summed E-state index contributed by atoms with van der Waals surface area (Å²) in [5.74, 6) is 0. The van der Waals surface area contributed by atoms with Gasteiger partial charge in [0, 0.05) is 31.7 Å². The van der Waals surface area contributed by atoms with Crippen molar-refractivity contribution in [1.29, 1.82) is 0 Å². The molecule has 2 unspecified atom stereocenters. The maximum atomic E-state index is 10.9. The first-order valence-electron chi connectivity index (χ1n) is 4.90. The predicted octanol–water partition coefficient (Wildman–Crippen LogP) is 0.0513. The molecule has 1 aliphatic rings. The highest BCUT2D eigenvalue weighted by Gasteiger charge is 2.32. The van der Waals surface area contributed by atoms with Crippen LogP contribution in [0.1, 0.15) is 13.8 Å². The fourth-order valence-electron chi connectivity index (χ4n) is 2.13. The number of piperazine rings is 1. The Morgan fingerprint density at radius 3 is 2.21 bits per heavy atom. The summed E-state index contributed by atoms with van der Waals surface area (Å²) in [5.41, 5.74) is 0. The first-order valence-corrected chi connectivity index (χ1v) is 4.90. The van der Waals surface area contributed by atoms with E-state index in [2.05, 4.69) is 4.90 Å². The molecule has 5 heteroatoms. The van der Waals surface area contributed by atoms with Gasteiger partial charge < -0.3 is 15.1 Å². The number of carboxylic acid groups (broad SMARTS) is 1. The lowest BCUT2D eigenvalue weighted by Gasteiger charge is -2.42. The summed E-state index contributed by atoms with van der Waals surface area (Å²) < 4.78 is 0. The Morgan fingerprint density at radius 2 is 1.86 bits per heavy atom. The highest BCUT2D eigenvalue weighted by atomic mass is 16.4. The first kappa shape index (κ1) is 11.3. The highest BCUT2D eigenvalue weighted by Crippen LogP contribution is 2.15. The van der Waals surface area contributed by atoms with Crippen LogP contribution < -0.4 is 0 Å². The van der Waals surface area contributed by atoms with Crippen molar-refractivity contribution < 1.29 is 15.0 Å². The zero-order chi connectivity index (χ0) is 10.7. The monoisotopic (exact) mass is 202 g/mol. The van der Waals surface area contributed by atoms with Crippen LogP contribution in [0.5, 0.6) is 0 Å². The number of aliphatic hydroxyl groups is 1. The van der Waals surface area contributed by atoms with E-state index in [9.17, 15) is 4.79 Å². The van der Waals surface area contributed by atoms with Crippen LogP contribution in [0.2, 0.25) is 0 Å². The van der Waals surface area contributed by atoms with Crippen LogP contribution >= 0.6 is 0 Å². The van der Waals surface area contributed by atoms with Gasteiger partial charge in [-0.1, -0.05) is 0 Å². The van der Waals surface area contributed by atoms with Gasteiger partial charge in [0.1, 0.15) is 0 Å². The number of rotatable bonds is 2. The number of amides is 1. The molecule has 0 radical (unpaired) electrons. The molecule has 0 bridgehead atoms. The largest absolute Gasteiger partial charge is 0.465 e. The Bertz CT molecular complexity index is 198. The van der Waals surface area contributed by atoms with Crippen molar-refractivity contribution in [3.8, 4) is 0 Å². The van der Waals surface area contributed by atoms with E-state index in [4.69, 9.17) is 10.2 Å². The second-order valence-electron chi connectivity index (χ2n) is 3.87. The molecule has 1 amide bonds. The van der Waals surface area contributed by atoms with E-state index in [1.165, 1.54) is 4.90 Å². The molecule has 1 heterocycles. The Labute approximate surface area is 83.9 Å². The van der Waals surface area contributed by atoms with E-state index in [1.54, 1.807) is 0 Å². The number of aliphatic hydroxyl groups excluding tert-OH is 1. The van der Waals surface area contributed by atoms with Gasteiger partial charge >= 0.3 is 6.09 Å². The standard InChI is InChI=1S/C9H18N2O3/c1-7-5-10(3-4-12)6-8(2)11(7)9(13)14/h7-8,12H,3-6H2,1-2H3,(H,13,14). The molecule has 5 nitrogen and oxygen atoms in total. The number of carbonyl (C=O) groups is 1. The van der Waals surface area contributed by atoms with Crippen molar-refractivity contribution in [2.45, 2.75) is 25.9 Å². The number of hydrogen-bond acceptors (Lipinski definition) is 3. The molecule has 0 aliphatic carbocycles. The predicted molar refractivity (Wildman–Crippen MR) is 52.3 cm³/mol. The third-order valence-corrected chi connectivity index (χ3v) is 2.63. The van der Waals surface area contributed by atoms with E-state index in [-0.39, 0.29) is 18.7 Å². The topological polar surface area (TPSA) is 64.0 Å². The minimum absolute atomic E-state index is 0.00259. The van der Waals surface area contributed by atoms with E-state index in [1.807, 2.05) is 13.8 Å². The zero-order valence-corrected chi connectivity index (χ0v) is 8.68. The maximum Gasteiger partial charge on any atom is 0.407 e. The molecular formula is C9H18N2O3. The summed E-state index contributed by atoms with van der Waals surface area (Å²) in [6.45, 7) is 5.96. The molecular weight excluding hydrogens is 184 g/mol. The normalized spacial score (nSPS) is 29.2. The fraction of sp³-hybridized carbons (Fsp3) is 0.889. The van der Waals surface area contributed by atoms with Gasteiger partial charge in [0.25, 0.3) is 0 Å². The van der Waals surface area contributed by atoms with Gasteiger partial charge in [-0.05, 0) is 13.8 Å². The van der Waals surface area contributed by atoms with E-state index >= 15 is 0 Å². The van der Waals surface area contributed by atoms with Crippen molar-refractivity contribution in [3.63, 3.8) is 0 Å². The van der Waals surface area contributed by atoms with Gasteiger partial charge in [0.2, 0.25) is 0 Å². The highest BCUT2D eigenvalue weighted by molar-refractivity contribution is 5.66. The smallest absolute Gasteiger partial charge is 0.407 e. The molecule has 2 atom stereocenters. The third kappa shape index (κ3) is 2.36. The van der Waals surface area contributed by atoms with Crippen molar-refractivity contribution >= 4 is 6.09 Å². The second kappa shape index (κ2) is 4.61. The molecule has 0 saturated carbocycles. The number of nitrogens with zero attached hydrogens (tertiary/aromatic N) is 2. The van der Waals surface area contributed by atoms with E-state index < -0.39 is 6.09 Å². The molecule has 1 saturated heterocycles. The lowest BCUT2D eigenvalue weighted by molar-refractivity contribution is 0.0349. The SMILES string of the molecule is CC1CN(CCO)CC(C)N1C(=O)O. The minimum Gasteiger partial charge on any atom is -0.465 e. The van der Waals surface area contributed by atoms with Gasteiger partial charge in [0.15, 0.2) is 0 Å². The minimum atomic E-state index is -0.853. The van der Waals surface area contributed by atoms with Crippen molar-refractivity contribution in [2.24, 2.45) is 0 Å². The Balaban J connectivity index is 2.58. The molecule has 82 valence electrons. The van der Waals surface area contributed by atoms with Crippen LogP contribution in [-0.2, 0) is 0 Å². The lowest BCUT2D eigenvalue weighted by Crippen LogP contribution is -2.58. The Morgan fingerprint density at radius 1 is 1.36 bits per heavy atom. The zero-order valence-electron chi connectivity index (χ0n) is 8.68. The quantitative estimate of drug-likeness (QED) is 0.664. The number of hydrogen-bond donors (Lipinski definition) is 2. The molecule has 0 aromatic carbocycles. The van der Waals surface area contributed by atoms with Crippen molar-refractivity contribution in [2.75, 3.05) is 26.2 Å². The van der Waals surface area contributed by atoms with Crippen LogP contribution in [0.4, 0.5) is 4.79 Å². The molecule has 0 spiro atoms. The lowest BCUT2D eigenvalue weighted by atomic mass is 10.1. The molecule has 1 fully saturated rings. The van der Waals surface area contributed by atoms with Gasteiger partial charge in [-0.2, -0.15) is 0 Å². The van der Waals surface area contributed by atoms with Crippen molar-refractivity contribution in [3.05, 3.63) is 0 Å². The van der Waals surface area contributed by atoms with Crippen molar-refractivity contribution in [1.82, 2.24) is 9.80 Å². The summed E-state index contributed by atoms with van der Waals surface area (Å²) in [7, 11) is 0. The van der Waals surface area contributed by atoms with Crippen LogP contribution in [-0.4, -0.2) is 64.4 Å². The Hall–Kier alpha value is -0.810.